The van der Waals surface area contributed by atoms with E-state index >= 15 is 0 Å². The molecule has 0 spiro atoms. The molecular formula is C9H13NO. The molecule has 2 heteroatoms. The monoisotopic (exact) mass is 151 g/mol. The van der Waals surface area contributed by atoms with Crippen molar-refractivity contribution in [3.8, 4) is 0 Å². The quantitative estimate of drug-likeness (QED) is 0.608. The molecule has 0 unspecified atom stereocenters. The summed E-state index contributed by atoms with van der Waals surface area (Å²) in [6.45, 7) is 9.02. The summed E-state index contributed by atoms with van der Waals surface area (Å²) in [6.07, 6.45) is 3.54. The molecule has 60 valence electrons. The fourth-order valence-electron chi connectivity index (χ4n) is 0.691. The highest BCUT2D eigenvalue weighted by Crippen LogP contribution is 2.09. The average molecular weight is 151 g/mol. The molecule has 0 rings (SSSR count). The van der Waals surface area contributed by atoms with Gasteiger partial charge in [-0.1, -0.05) is 25.3 Å². The molecule has 0 radical (unpaired) electrons. The zero-order valence-electron chi connectivity index (χ0n) is 6.76. The first kappa shape index (κ1) is 9.69. The van der Waals surface area contributed by atoms with Crippen molar-refractivity contribution in [2.24, 2.45) is 5.73 Å². The summed E-state index contributed by atoms with van der Waals surface area (Å²) in [4.78, 5) is 10.5. The fourth-order valence-corrected chi connectivity index (χ4v) is 0.691. The maximum Gasteiger partial charge on any atom is 0.221 e. The van der Waals surface area contributed by atoms with Crippen LogP contribution >= 0.6 is 0 Å². The Morgan fingerprint density at radius 1 is 1.45 bits per heavy atom. The molecule has 2 nitrogen and oxygen atoms in total. The predicted molar refractivity (Wildman–Crippen MR) is 46.9 cm³/mol. The molecule has 2 N–H and O–H groups in total. The van der Waals surface area contributed by atoms with E-state index in [4.69, 9.17) is 5.73 Å². The van der Waals surface area contributed by atoms with Crippen molar-refractivity contribution in [3.63, 3.8) is 0 Å². The first-order chi connectivity index (χ1) is 5.11. The highest BCUT2D eigenvalue weighted by atomic mass is 16.1. The second-order valence-electron chi connectivity index (χ2n) is 2.26. The van der Waals surface area contributed by atoms with Crippen LogP contribution in [-0.2, 0) is 4.79 Å². The Labute approximate surface area is 67.1 Å². The minimum atomic E-state index is -0.346. The van der Waals surface area contributed by atoms with Crippen LogP contribution in [-0.4, -0.2) is 5.91 Å². The molecule has 0 saturated carbocycles. The Kier molecular flexibility index (Phi) is 3.96. The number of allylic oxidation sites excluding steroid dienone is 3. The van der Waals surface area contributed by atoms with E-state index in [1.165, 1.54) is 0 Å². The van der Waals surface area contributed by atoms with Crippen LogP contribution in [0, 0.1) is 0 Å². The van der Waals surface area contributed by atoms with E-state index in [0.29, 0.717) is 0 Å². The third-order valence-corrected chi connectivity index (χ3v) is 1.42. The fraction of sp³-hybridized carbons (Fsp3) is 0.222. The third-order valence-electron chi connectivity index (χ3n) is 1.42. The van der Waals surface area contributed by atoms with Crippen molar-refractivity contribution in [1.82, 2.24) is 0 Å². The van der Waals surface area contributed by atoms with Crippen LogP contribution in [0.3, 0.4) is 0 Å². The number of hydrogen-bond acceptors (Lipinski definition) is 1. The maximum atomic E-state index is 10.5. The Balaban J connectivity index is 4.51. The van der Waals surface area contributed by atoms with Crippen molar-refractivity contribution < 1.29 is 4.79 Å². The number of rotatable bonds is 4. The Bertz CT molecular complexity index is 214. The van der Waals surface area contributed by atoms with Gasteiger partial charge < -0.3 is 5.73 Å². The number of hydrogen-bond donors (Lipinski definition) is 1. The second kappa shape index (κ2) is 4.50. The molecule has 0 aliphatic carbocycles. The first-order valence-corrected chi connectivity index (χ1v) is 3.34. The second-order valence-corrected chi connectivity index (χ2v) is 2.26. The molecule has 0 aliphatic rings. The molecule has 0 aromatic heterocycles. The van der Waals surface area contributed by atoms with Crippen LogP contribution in [0.4, 0.5) is 0 Å². The number of carbonyl (C=O) groups is 1. The normalized spacial score (nSPS) is 11.7. The molecule has 0 bridgehead atoms. The minimum absolute atomic E-state index is 0.237. The van der Waals surface area contributed by atoms with Crippen LogP contribution in [0.5, 0.6) is 0 Å². The average Bonchev–Trinajstić information content (AvgIpc) is 1.98. The van der Waals surface area contributed by atoms with Crippen molar-refractivity contribution >= 4 is 5.91 Å². The predicted octanol–water partition coefficient (Wildman–Crippen LogP) is 1.55. The van der Waals surface area contributed by atoms with E-state index in [1.54, 1.807) is 12.2 Å². The number of nitrogens with two attached hydrogens (primary N) is 1. The van der Waals surface area contributed by atoms with E-state index in [1.807, 2.05) is 6.92 Å². The van der Waals surface area contributed by atoms with Crippen LogP contribution in [0.25, 0.3) is 0 Å². The zero-order chi connectivity index (χ0) is 8.85. The molecule has 11 heavy (non-hydrogen) atoms. The number of primary amides is 1. The van der Waals surface area contributed by atoms with E-state index in [-0.39, 0.29) is 12.3 Å². The van der Waals surface area contributed by atoms with E-state index < -0.39 is 0 Å². The molecular weight excluding hydrogens is 138 g/mol. The molecule has 1 amide bonds. The van der Waals surface area contributed by atoms with Gasteiger partial charge in [0.25, 0.3) is 0 Å². The van der Waals surface area contributed by atoms with Crippen LogP contribution in [0.15, 0.2) is 36.5 Å². The summed E-state index contributed by atoms with van der Waals surface area (Å²) in [7, 11) is 0. The summed E-state index contributed by atoms with van der Waals surface area (Å²) in [5.74, 6) is -0.346. The Hall–Kier alpha value is -1.31. The lowest BCUT2D eigenvalue weighted by molar-refractivity contribution is -0.117. The lowest BCUT2D eigenvalue weighted by Gasteiger charge is -2.00. The van der Waals surface area contributed by atoms with Gasteiger partial charge >= 0.3 is 0 Å². The zero-order valence-corrected chi connectivity index (χ0v) is 6.76. The SMILES string of the molecule is C=C/C(C)=C(\C=C)CC(N)=O. The molecule has 0 aliphatic heterocycles. The van der Waals surface area contributed by atoms with Gasteiger partial charge in [-0.25, -0.2) is 0 Å². The van der Waals surface area contributed by atoms with Gasteiger partial charge in [0.2, 0.25) is 5.91 Å². The Morgan fingerprint density at radius 2 is 2.00 bits per heavy atom. The van der Waals surface area contributed by atoms with Gasteiger partial charge in [0.05, 0.1) is 6.42 Å². The number of amides is 1. The van der Waals surface area contributed by atoms with Crippen molar-refractivity contribution in [2.45, 2.75) is 13.3 Å². The van der Waals surface area contributed by atoms with Gasteiger partial charge in [0, 0.05) is 0 Å². The molecule has 0 aromatic carbocycles. The Morgan fingerprint density at radius 3 is 2.27 bits per heavy atom. The number of carbonyl (C=O) groups excluding carboxylic acids is 1. The van der Waals surface area contributed by atoms with Gasteiger partial charge in [-0.3, -0.25) is 4.79 Å². The smallest absolute Gasteiger partial charge is 0.221 e. The van der Waals surface area contributed by atoms with Gasteiger partial charge in [-0.15, -0.1) is 0 Å². The lowest BCUT2D eigenvalue weighted by atomic mass is 10.1. The van der Waals surface area contributed by atoms with Crippen LogP contribution < -0.4 is 5.73 Å². The summed E-state index contributed by atoms with van der Waals surface area (Å²) in [5.41, 5.74) is 6.79. The van der Waals surface area contributed by atoms with Crippen molar-refractivity contribution in [2.75, 3.05) is 0 Å². The highest BCUT2D eigenvalue weighted by molar-refractivity contribution is 5.77. The van der Waals surface area contributed by atoms with Gasteiger partial charge in [-0.2, -0.15) is 0 Å². The third kappa shape index (κ3) is 3.40. The van der Waals surface area contributed by atoms with Crippen molar-refractivity contribution in [3.05, 3.63) is 36.5 Å². The molecule has 0 fully saturated rings. The molecule has 0 saturated heterocycles. The standard InChI is InChI=1S/C9H13NO/c1-4-7(3)8(5-2)6-9(10)11/h4-5H,1-2,6H2,3H3,(H2,10,11)/b8-7+. The van der Waals surface area contributed by atoms with Crippen LogP contribution in [0.1, 0.15) is 13.3 Å². The van der Waals surface area contributed by atoms with E-state index in [9.17, 15) is 4.79 Å². The van der Waals surface area contributed by atoms with E-state index in [0.717, 1.165) is 11.1 Å². The first-order valence-electron chi connectivity index (χ1n) is 3.34. The van der Waals surface area contributed by atoms with Gasteiger partial charge in [0.15, 0.2) is 0 Å². The summed E-state index contributed by atoms with van der Waals surface area (Å²) >= 11 is 0. The largest absolute Gasteiger partial charge is 0.369 e. The summed E-state index contributed by atoms with van der Waals surface area (Å²) < 4.78 is 0. The summed E-state index contributed by atoms with van der Waals surface area (Å²) in [6, 6.07) is 0. The lowest BCUT2D eigenvalue weighted by Crippen LogP contribution is -2.11. The maximum absolute atomic E-state index is 10.5. The van der Waals surface area contributed by atoms with E-state index in [2.05, 4.69) is 13.2 Å². The van der Waals surface area contributed by atoms with Crippen LogP contribution in [0.2, 0.25) is 0 Å². The minimum Gasteiger partial charge on any atom is -0.369 e. The molecule has 0 aromatic rings. The van der Waals surface area contributed by atoms with Gasteiger partial charge in [0.1, 0.15) is 0 Å². The highest BCUT2D eigenvalue weighted by Gasteiger charge is 1.99. The van der Waals surface area contributed by atoms with Crippen molar-refractivity contribution in [1.29, 1.82) is 0 Å². The summed E-state index contributed by atoms with van der Waals surface area (Å²) in [5, 5.41) is 0. The molecule has 0 atom stereocenters. The topological polar surface area (TPSA) is 43.1 Å². The van der Waals surface area contributed by atoms with Gasteiger partial charge in [-0.05, 0) is 18.1 Å². The molecule has 0 heterocycles.